The Morgan fingerprint density at radius 2 is 1.78 bits per heavy atom. The van der Waals surface area contributed by atoms with Gasteiger partial charge in [-0.05, 0) is 55.1 Å². The predicted octanol–water partition coefficient (Wildman–Crippen LogP) is 5.08. The second-order valence-corrected chi connectivity index (χ2v) is 5.70. The minimum atomic E-state index is 0.665. The van der Waals surface area contributed by atoms with Gasteiger partial charge in [0.05, 0.1) is 18.5 Å². The molecule has 2 heteroatoms. The molecule has 0 spiro atoms. The Kier molecular flexibility index (Phi) is 5.52. The fraction of sp³-hybridized carbons (Fsp3) is 0.625. The second kappa shape index (κ2) is 7.16. The normalized spacial score (nSPS) is 24.1. The first-order chi connectivity index (χ1) is 8.83. The van der Waals surface area contributed by atoms with Crippen molar-refractivity contribution >= 4 is 11.9 Å². The van der Waals surface area contributed by atoms with Crippen molar-refractivity contribution in [2.24, 2.45) is 5.92 Å². The highest BCUT2D eigenvalue weighted by atomic mass is 35.5. The summed E-state index contributed by atoms with van der Waals surface area (Å²) in [6, 6.07) is 9.25. The van der Waals surface area contributed by atoms with Crippen LogP contribution in [-0.4, -0.2) is 6.61 Å². The Morgan fingerprint density at radius 3 is 2.33 bits per heavy atom. The monoisotopic (exact) mass is 266 g/mol. The van der Waals surface area contributed by atoms with Crippen molar-refractivity contribution in [3.05, 3.63) is 35.4 Å². The average molecular weight is 267 g/mol. The topological polar surface area (TPSA) is 9.23 Å². The van der Waals surface area contributed by atoms with E-state index in [0.29, 0.717) is 12.5 Å². The van der Waals surface area contributed by atoms with Gasteiger partial charge in [0.15, 0.2) is 0 Å². The summed E-state index contributed by atoms with van der Waals surface area (Å²) in [5.74, 6) is 1.41. The molecule has 1 aliphatic carbocycles. The van der Waals surface area contributed by atoms with E-state index in [9.17, 15) is 0 Å². The lowest BCUT2D eigenvalue weighted by atomic mass is 9.79. The number of benzene rings is 1. The van der Waals surface area contributed by atoms with Crippen molar-refractivity contribution in [2.45, 2.75) is 51.4 Å². The third-order valence-corrected chi connectivity index (χ3v) is 4.26. The lowest BCUT2D eigenvalue weighted by Crippen LogP contribution is -2.16. The van der Waals surface area contributed by atoms with Crippen LogP contribution in [0, 0.1) is 5.92 Å². The number of hydrogen-bond donors (Lipinski definition) is 0. The van der Waals surface area contributed by atoms with Gasteiger partial charge < -0.3 is 0 Å². The molecule has 0 N–H and O–H groups in total. The first-order valence-electron chi connectivity index (χ1n) is 7.15. The van der Waals surface area contributed by atoms with Gasteiger partial charge in [-0.15, -0.1) is 0 Å². The minimum absolute atomic E-state index is 0.665. The molecular formula is C16H23ClO. The summed E-state index contributed by atoms with van der Waals surface area (Å²) in [7, 11) is 0. The largest absolute Gasteiger partial charge is 0.279 e. The Balaban J connectivity index is 1.89. The molecule has 0 aliphatic heterocycles. The summed E-state index contributed by atoms with van der Waals surface area (Å²) >= 11 is 5.34. The molecule has 1 aromatic rings. The number of halogens is 1. The maximum atomic E-state index is 5.34. The Morgan fingerprint density at radius 1 is 1.11 bits per heavy atom. The summed E-state index contributed by atoms with van der Waals surface area (Å²) in [6.45, 7) is 2.94. The van der Waals surface area contributed by atoms with Crippen molar-refractivity contribution in [2.75, 3.05) is 6.61 Å². The molecule has 2 rings (SSSR count). The van der Waals surface area contributed by atoms with Crippen molar-refractivity contribution in [3.63, 3.8) is 0 Å². The Bertz CT molecular complexity index is 339. The summed E-state index contributed by atoms with van der Waals surface area (Å²) in [6.07, 6.45) is 7.46. The summed E-state index contributed by atoms with van der Waals surface area (Å²) < 4.78 is 4.74. The maximum Gasteiger partial charge on any atom is 0.0710 e. The van der Waals surface area contributed by atoms with E-state index < -0.39 is 0 Å². The minimum Gasteiger partial charge on any atom is -0.279 e. The molecule has 18 heavy (non-hydrogen) atoms. The van der Waals surface area contributed by atoms with E-state index in [0.717, 1.165) is 5.92 Å². The highest BCUT2D eigenvalue weighted by Gasteiger charge is 2.22. The SMILES string of the molecule is CCCc1ccc(C2CCC(COCl)CC2)cc1. The van der Waals surface area contributed by atoms with E-state index in [1.807, 2.05) is 0 Å². The van der Waals surface area contributed by atoms with Crippen molar-refractivity contribution < 1.29 is 4.29 Å². The van der Waals surface area contributed by atoms with Crippen molar-refractivity contribution in [1.29, 1.82) is 0 Å². The van der Waals surface area contributed by atoms with Crippen LogP contribution >= 0.6 is 11.9 Å². The number of aryl methyl sites for hydroxylation is 1. The molecule has 0 unspecified atom stereocenters. The fourth-order valence-corrected chi connectivity index (χ4v) is 3.17. The Hall–Kier alpha value is -0.530. The van der Waals surface area contributed by atoms with Crippen molar-refractivity contribution in [3.8, 4) is 0 Å². The standard InChI is InChI=1S/C16H23ClO/c1-2-3-13-4-8-15(9-5-13)16-10-6-14(7-11-16)12-18-17/h4-5,8-9,14,16H,2-3,6-7,10-12H2,1H3. The molecule has 1 fully saturated rings. The number of rotatable bonds is 5. The van der Waals surface area contributed by atoms with Crippen LogP contribution < -0.4 is 0 Å². The van der Waals surface area contributed by atoms with E-state index in [-0.39, 0.29) is 0 Å². The predicted molar refractivity (Wildman–Crippen MR) is 76.9 cm³/mol. The van der Waals surface area contributed by atoms with Crippen LogP contribution in [0.2, 0.25) is 0 Å². The highest BCUT2D eigenvalue weighted by Crippen LogP contribution is 2.36. The molecule has 0 amide bonds. The quantitative estimate of drug-likeness (QED) is 0.722. The van der Waals surface area contributed by atoms with Crippen LogP contribution in [0.15, 0.2) is 24.3 Å². The zero-order valence-electron chi connectivity index (χ0n) is 11.2. The first kappa shape index (κ1) is 13.9. The van der Waals surface area contributed by atoms with Crippen LogP contribution in [0.5, 0.6) is 0 Å². The van der Waals surface area contributed by atoms with Crippen LogP contribution in [-0.2, 0) is 10.7 Å². The summed E-state index contributed by atoms with van der Waals surface area (Å²) in [4.78, 5) is 0. The van der Waals surface area contributed by atoms with Crippen LogP contribution in [0.4, 0.5) is 0 Å². The van der Waals surface area contributed by atoms with E-state index in [2.05, 4.69) is 31.2 Å². The van der Waals surface area contributed by atoms with Gasteiger partial charge in [0.25, 0.3) is 0 Å². The molecule has 1 saturated carbocycles. The third kappa shape index (κ3) is 3.73. The smallest absolute Gasteiger partial charge is 0.0710 e. The van der Waals surface area contributed by atoms with Crippen LogP contribution in [0.25, 0.3) is 0 Å². The van der Waals surface area contributed by atoms with Gasteiger partial charge in [-0.1, -0.05) is 37.6 Å². The molecule has 1 nitrogen and oxygen atoms in total. The molecule has 0 aromatic heterocycles. The molecule has 0 heterocycles. The summed E-state index contributed by atoms with van der Waals surface area (Å²) in [5.41, 5.74) is 2.98. The maximum absolute atomic E-state index is 5.34. The lowest BCUT2D eigenvalue weighted by molar-refractivity contribution is 0.213. The molecule has 0 radical (unpaired) electrons. The van der Waals surface area contributed by atoms with Gasteiger partial charge >= 0.3 is 0 Å². The van der Waals surface area contributed by atoms with Gasteiger partial charge in [0.2, 0.25) is 0 Å². The van der Waals surface area contributed by atoms with Gasteiger partial charge in [-0.2, -0.15) is 0 Å². The highest BCUT2D eigenvalue weighted by molar-refractivity contribution is 6.07. The van der Waals surface area contributed by atoms with Gasteiger partial charge in [0, 0.05) is 0 Å². The van der Waals surface area contributed by atoms with E-state index >= 15 is 0 Å². The van der Waals surface area contributed by atoms with E-state index in [4.69, 9.17) is 16.2 Å². The van der Waals surface area contributed by atoms with Gasteiger partial charge in [0.1, 0.15) is 0 Å². The lowest BCUT2D eigenvalue weighted by Gasteiger charge is -2.28. The summed E-state index contributed by atoms with van der Waals surface area (Å²) in [5, 5.41) is 0. The Labute approximate surface area is 116 Å². The third-order valence-electron chi connectivity index (χ3n) is 4.14. The van der Waals surface area contributed by atoms with Gasteiger partial charge in [-0.3, -0.25) is 4.29 Å². The second-order valence-electron chi connectivity index (χ2n) is 5.49. The molecule has 0 bridgehead atoms. The van der Waals surface area contributed by atoms with E-state index in [1.165, 1.54) is 49.7 Å². The molecule has 100 valence electrons. The molecular weight excluding hydrogens is 244 g/mol. The zero-order chi connectivity index (χ0) is 12.8. The average Bonchev–Trinajstić information content (AvgIpc) is 2.41. The zero-order valence-corrected chi connectivity index (χ0v) is 12.0. The number of hydrogen-bond acceptors (Lipinski definition) is 1. The van der Waals surface area contributed by atoms with Crippen LogP contribution in [0.3, 0.4) is 0 Å². The molecule has 1 aromatic carbocycles. The first-order valence-corrected chi connectivity index (χ1v) is 7.46. The van der Waals surface area contributed by atoms with E-state index in [1.54, 1.807) is 0 Å². The molecule has 0 saturated heterocycles. The van der Waals surface area contributed by atoms with Gasteiger partial charge in [-0.25, -0.2) is 0 Å². The fourth-order valence-electron chi connectivity index (χ4n) is 3.00. The van der Waals surface area contributed by atoms with Crippen LogP contribution in [0.1, 0.15) is 56.1 Å². The van der Waals surface area contributed by atoms with Crippen molar-refractivity contribution in [1.82, 2.24) is 0 Å². The molecule has 0 atom stereocenters. The molecule has 1 aliphatic rings.